The molecule has 0 N–H and O–H groups in total. The molecular formula is C30H52ClN3O2. The van der Waals surface area contributed by atoms with Crippen LogP contribution in [0.3, 0.4) is 0 Å². The number of rotatable bonds is 8. The SMILES string of the molecule is CC(C)(C)N1CCC(c2ccc(Cl)cc2)C1.CCCCCC(C)C(C)C=O.CN1CCN(C=O)CC1. The standard InChI is InChI=1S/C14H20ClN.C10H20O.C6H12N2O/c1-14(2,3)16-9-8-12(10-16)11-4-6-13(15)7-5-11;1-4-5-6-7-9(2)10(3)8-11;1-7-2-4-8(6-9)5-3-7/h4-7,12H,8-10H2,1-3H3;8-10H,4-7H2,1-3H3;6H,2-5H2,1H3. The molecule has 2 aliphatic rings. The molecule has 0 bridgehead atoms. The third-order valence-corrected chi connectivity index (χ3v) is 7.79. The predicted octanol–water partition coefficient (Wildman–Crippen LogP) is 6.36. The van der Waals surface area contributed by atoms with Crippen molar-refractivity contribution in [1.82, 2.24) is 14.7 Å². The van der Waals surface area contributed by atoms with Gasteiger partial charge in [0.15, 0.2) is 0 Å². The molecule has 5 nitrogen and oxygen atoms in total. The number of amides is 1. The van der Waals surface area contributed by atoms with Gasteiger partial charge in [-0.1, -0.05) is 70.2 Å². The maximum absolute atomic E-state index is 10.4. The molecule has 2 saturated heterocycles. The lowest BCUT2D eigenvalue weighted by atomic mass is 9.92. The number of nitrogens with zero attached hydrogens (tertiary/aromatic N) is 3. The first kappa shape index (κ1) is 32.6. The first-order valence-electron chi connectivity index (χ1n) is 13.9. The van der Waals surface area contributed by atoms with Crippen LogP contribution in [0.15, 0.2) is 24.3 Å². The van der Waals surface area contributed by atoms with Gasteiger partial charge >= 0.3 is 0 Å². The molecule has 1 amide bonds. The van der Waals surface area contributed by atoms with Crippen LogP contribution in [0.1, 0.15) is 85.1 Å². The van der Waals surface area contributed by atoms with Crippen LogP contribution in [0.4, 0.5) is 0 Å². The highest BCUT2D eigenvalue weighted by Gasteiger charge is 2.30. The van der Waals surface area contributed by atoms with Crippen molar-refractivity contribution in [3.8, 4) is 0 Å². The molecule has 0 radical (unpaired) electrons. The number of unbranched alkanes of at least 4 members (excludes halogenated alkanes) is 2. The Morgan fingerprint density at radius 1 is 1.00 bits per heavy atom. The fourth-order valence-electron chi connectivity index (χ4n) is 4.42. The van der Waals surface area contributed by atoms with E-state index >= 15 is 0 Å². The molecule has 2 heterocycles. The molecule has 0 spiro atoms. The van der Waals surface area contributed by atoms with E-state index in [4.69, 9.17) is 11.6 Å². The summed E-state index contributed by atoms with van der Waals surface area (Å²) in [5.74, 6) is 1.49. The summed E-state index contributed by atoms with van der Waals surface area (Å²) in [6.07, 6.45) is 8.30. The van der Waals surface area contributed by atoms with Gasteiger partial charge in [0.25, 0.3) is 0 Å². The van der Waals surface area contributed by atoms with Crippen LogP contribution in [0.25, 0.3) is 0 Å². The lowest BCUT2D eigenvalue weighted by molar-refractivity contribution is -0.119. The van der Waals surface area contributed by atoms with E-state index in [0.29, 0.717) is 17.4 Å². The van der Waals surface area contributed by atoms with Crippen molar-refractivity contribution in [3.63, 3.8) is 0 Å². The third-order valence-electron chi connectivity index (χ3n) is 7.54. The molecule has 6 heteroatoms. The van der Waals surface area contributed by atoms with Crippen LogP contribution in [0.5, 0.6) is 0 Å². The molecular weight excluding hydrogens is 470 g/mol. The molecule has 3 rings (SSSR count). The van der Waals surface area contributed by atoms with Crippen molar-refractivity contribution in [2.45, 2.75) is 85.1 Å². The summed E-state index contributed by atoms with van der Waals surface area (Å²) in [5.41, 5.74) is 1.72. The van der Waals surface area contributed by atoms with Crippen LogP contribution in [0.2, 0.25) is 5.02 Å². The summed E-state index contributed by atoms with van der Waals surface area (Å²) in [4.78, 5) is 27.1. The van der Waals surface area contributed by atoms with Crippen molar-refractivity contribution in [2.75, 3.05) is 46.3 Å². The zero-order chi connectivity index (χ0) is 27.1. The second kappa shape index (κ2) is 17.1. The summed E-state index contributed by atoms with van der Waals surface area (Å²) in [7, 11) is 2.07. The highest BCUT2D eigenvalue weighted by molar-refractivity contribution is 6.30. The van der Waals surface area contributed by atoms with Gasteiger partial charge in [-0.2, -0.15) is 0 Å². The average Bonchev–Trinajstić information content (AvgIpc) is 3.36. The molecule has 2 fully saturated rings. The van der Waals surface area contributed by atoms with Crippen LogP contribution >= 0.6 is 11.6 Å². The maximum atomic E-state index is 10.4. The zero-order valence-electron chi connectivity index (χ0n) is 24.0. The summed E-state index contributed by atoms with van der Waals surface area (Å²) in [6, 6.07) is 8.32. The molecule has 3 unspecified atom stereocenters. The van der Waals surface area contributed by atoms with E-state index in [9.17, 15) is 9.59 Å². The van der Waals surface area contributed by atoms with E-state index < -0.39 is 0 Å². The van der Waals surface area contributed by atoms with E-state index in [1.807, 2.05) is 19.1 Å². The van der Waals surface area contributed by atoms with Gasteiger partial charge in [-0.15, -0.1) is 0 Å². The number of halogens is 1. The number of carbonyl (C=O) groups excluding carboxylic acids is 2. The summed E-state index contributed by atoms with van der Waals surface area (Å²) in [5, 5.41) is 0.828. The molecule has 36 heavy (non-hydrogen) atoms. The van der Waals surface area contributed by atoms with Crippen LogP contribution in [-0.4, -0.2) is 79.3 Å². The summed E-state index contributed by atoms with van der Waals surface area (Å²) < 4.78 is 0. The number of likely N-dealkylation sites (tertiary alicyclic amines) is 1. The van der Waals surface area contributed by atoms with Crippen LogP contribution in [0, 0.1) is 11.8 Å². The Bertz CT molecular complexity index is 727. The number of likely N-dealkylation sites (N-methyl/N-ethyl adjacent to an activating group) is 1. The van der Waals surface area contributed by atoms with Crippen LogP contribution < -0.4 is 0 Å². The van der Waals surface area contributed by atoms with E-state index in [-0.39, 0.29) is 5.92 Å². The average molecular weight is 522 g/mol. The van der Waals surface area contributed by atoms with Gasteiger partial charge < -0.3 is 14.6 Å². The van der Waals surface area contributed by atoms with E-state index in [2.05, 4.69) is 63.6 Å². The molecule has 1 aromatic carbocycles. The molecule has 0 aliphatic carbocycles. The second-order valence-corrected chi connectivity index (χ2v) is 12.0. The Kier molecular flexibility index (Phi) is 15.5. The van der Waals surface area contributed by atoms with Gasteiger partial charge in [0, 0.05) is 49.2 Å². The molecule has 0 saturated carbocycles. The van der Waals surface area contributed by atoms with Gasteiger partial charge in [0.2, 0.25) is 6.41 Å². The molecule has 3 atom stereocenters. The first-order chi connectivity index (χ1) is 17.0. The fourth-order valence-corrected chi connectivity index (χ4v) is 4.54. The van der Waals surface area contributed by atoms with Gasteiger partial charge in [0.05, 0.1) is 0 Å². The normalized spacial score (nSPS) is 20.4. The second-order valence-electron chi connectivity index (χ2n) is 11.6. The minimum absolute atomic E-state index is 0.242. The number of aldehydes is 1. The van der Waals surface area contributed by atoms with Gasteiger partial charge in [0.1, 0.15) is 6.29 Å². The Labute approximate surface area is 226 Å². The number of hydrogen-bond acceptors (Lipinski definition) is 4. The van der Waals surface area contributed by atoms with Gasteiger partial charge in [-0.25, -0.2) is 0 Å². The lowest BCUT2D eigenvalue weighted by Crippen LogP contribution is -2.43. The first-order valence-corrected chi connectivity index (χ1v) is 14.2. The number of piperazine rings is 1. The lowest BCUT2D eigenvalue weighted by Gasteiger charge is -2.31. The number of carbonyl (C=O) groups is 2. The third kappa shape index (κ3) is 12.7. The minimum atomic E-state index is 0.242. The topological polar surface area (TPSA) is 43.9 Å². The number of benzene rings is 1. The highest BCUT2D eigenvalue weighted by atomic mass is 35.5. The van der Waals surface area contributed by atoms with Gasteiger partial charge in [-0.3, -0.25) is 9.69 Å². The number of hydrogen-bond donors (Lipinski definition) is 0. The largest absolute Gasteiger partial charge is 0.343 e. The van der Waals surface area contributed by atoms with E-state index in [0.717, 1.165) is 43.9 Å². The van der Waals surface area contributed by atoms with Crippen molar-refractivity contribution < 1.29 is 9.59 Å². The Morgan fingerprint density at radius 3 is 2.08 bits per heavy atom. The van der Waals surface area contributed by atoms with Gasteiger partial charge in [-0.05, 0) is 70.3 Å². The molecule has 206 valence electrons. The quantitative estimate of drug-likeness (QED) is 0.295. The van der Waals surface area contributed by atoms with Crippen molar-refractivity contribution in [2.24, 2.45) is 11.8 Å². The maximum Gasteiger partial charge on any atom is 0.209 e. The summed E-state index contributed by atoms with van der Waals surface area (Å²) >= 11 is 5.91. The van der Waals surface area contributed by atoms with Crippen LogP contribution in [-0.2, 0) is 9.59 Å². The van der Waals surface area contributed by atoms with E-state index in [1.54, 1.807) is 4.90 Å². The smallest absolute Gasteiger partial charge is 0.209 e. The monoisotopic (exact) mass is 521 g/mol. The van der Waals surface area contributed by atoms with Crippen molar-refractivity contribution in [1.29, 1.82) is 0 Å². The fraction of sp³-hybridized carbons (Fsp3) is 0.733. The molecule has 1 aromatic rings. The Morgan fingerprint density at radius 2 is 1.61 bits per heavy atom. The predicted molar refractivity (Wildman–Crippen MR) is 154 cm³/mol. The minimum Gasteiger partial charge on any atom is -0.343 e. The van der Waals surface area contributed by atoms with Crippen molar-refractivity contribution in [3.05, 3.63) is 34.9 Å². The Hall–Kier alpha value is -1.43. The summed E-state index contributed by atoms with van der Waals surface area (Å²) in [6.45, 7) is 19.4. The Balaban J connectivity index is 0.000000285. The van der Waals surface area contributed by atoms with Crippen molar-refractivity contribution >= 4 is 24.3 Å². The van der Waals surface area contributed by atoms with E-state index in [1.165, 1.54) is 50.8 Å². The zero-order valence-corrected chi connectivity index (χ0v) is 24.8. The molecule has 0 aromatic heterocycles. The highest BCUT2D eigenvalue weighted by Crippen LogP contribution is 2.31. The molecule has 2 aliphatic heterocycles.